The van der Waals surface area contributed by atoms with Crippen LogP contribution < -0.4 is 0 Å². The molecule has 1 N–H and O–H groups in total. The molecule has 17 heavy (non-hydrogen) atoms. The van der Waals surface area contributed by atoms with Gasteiger partial charge < -0.3 is 5.11 Å². The predicted octanol–water partition coefficient (Wildman–Crippen LogP) is 2.52. The molecule has 1 aromatic heterocycles. The Bertz CT molecular complexity index is 613. The first kappa shape index (κ1) is 11.2. The lowest BCUT2D eigenvalue weighted by molar-refractivity contribution is 0.0691. The molecule has 0 aliphatic carbocycles. The normalized spacial score (nSPS) is 9.88. The molecule has 0 saturated carbocycles. The molecule has 0 radical (unpaired) electrons. The third-order valence-corrected chi connectivity index (χ3v) is 3.03. The van der Waals surface area contributed by atoms with E-state index in [2.05, 4.69) is 4.98 Å². The van der Waals surface area contributed by atoms with Crippen molar-refractivity contribution in [3.8, 4) is 16.6 Å². The van der Waals surface area contributed by atoms with E-state index in [1.165, 1.54) is 24.3 Å². The number of nitrogens with zero attached hydrogens (tertiary/aromatic N) is 2. The average Bonchev–Trinajstić information content (AvgIpc) is 2.74. The van der Waals surface area contributed by atoms with Crippen LogP contribution in [-0.4, -0.2) is 16.1 Å². The quantitative estimate of drug-likeness (QED) is 0.886. The van der Waals surface area contributed by atoms with Crippen LogP contribution in [0.2, 0.25) is 0 Å². The van der Waals surface area contributed by atoms with Crippen LogP contribution in [0.5, 0.6) is 0 Å². The molecule has 2 rings (SSSR count). The Morgan fingerprint density at radius 1 is 1.41 bits per heavy atom. The van der Waals surface area contributed by atoms with Gasteiger partial charge in [0.25, 0.3) is 0 Å². The summed E-state index contributed by atoms with van der Waals surface area (Å²) in [5.74, 6) is -1.63. The SMILES string of the molecule is N#Cc1sc(-c2ccc(F)cc2)nc1C(=O)O. The molecule has 84 valence electrons. The Hall–Kier alpha value is -2.26. The lowest BCUT2D eigenvalue weighted by Gasteiger charge is -1.94. The first-order chi connectivity index (χ1) is 8.11. The van der Waals surface area contributed by atoms with Gasteiger partial charge in [-0.25, -0.2) is 14.2 Å². The van der Waals surface area contributed by atoms with Crippen LogP contribution in [0.3, 0.4) is 0 Å². The molecule has 0 aliphatic rings. The van der Waals surface area contributed by atoms with Gasteiger partial charge in [0.05, 0.1) is 0 Å². The van der Waals surface area contributed by atoms with E-state index < -0.39 is 5.97 Å². The van der Waals surface area contributed by atoms with Crippen molar-refractivity contribution in [2.24, 2.45) is 0 Å². The molecule has 0 spiro atoms. The van der Waals surface area contributed by atoms with Gasteiger partial charge >= 0.3 is 5.97 Å². The Kier molecular flexibility index (Phi) is 2.85. The van der Waals surface area contributed by atoms with E-state index in [1.54, 1.807) is 6.07 Å². The molecule has 0 unspecified atom stereocenters. The topological polar surface area (TPSA) is 74.0 Å². The number of hydrogen-bond donors (Lipinski definition) is 1. The number of carboxylic acids is 1. The van der Waals surface area contributed by atoms with Gasteiger partial charge in [0.15, 0.2) is 5.69 Å². The van der Waals surface area contributed by atoms with Crippen LogP contribution >= 0.6 is 11.3 Å². The van der Waals surface area contributed by atoms with Crippen molar-refractivity contribution in [1.29, 1.82) is 5.26 Å². The lowest BCUT2D eigenvalue weighted by atomic mass is 10.2. The first-order valence-corrected chi connectivity index (χ1v) is 5.33. The third kappa shape index (κ3) is 2.14. The molecule has 0 aliphatic heterocycles. The number of hydrogen-bond acceptors (Lipinski definition) is 4. The van der Waals surface area contributed by atoms with Crippen molar-refractivity contribution in [2.75, 3.05) is 0 Å². The summed E-state index contributed by atoms with van der Waals surface area (Å²) >= 11 is 0.971. The minimum absolute atomic E-state index is 0.0387. The zero-order valence-corrected chi connectivity index (χ0v) is 9.16. The van der Waals surface area contributed by atoms with E-state index in [0.717, 1.165) is 11.3 Å². The minimum atomic E-state index is -1.24. The maximum Gasteiger partial charge on any atom is 0.356 e. The maximum atomic E-state index is 12.7. The third-order valence-electron chi connectivity index (χ3n) is 2.02. The van der Waals surface area contributed by atoms with Gasteiger partial charge in [-0.15, -0.1) is 11.3 Å². The van der Waals surface area contributed by atoms with Crippen molar-refractivity contribution < 1.29 is 14.3 Å². The Balaban J connectivity index is 2.51. The van der Waals surface area contributed by atoms with Crippen molar-refractivity contribution in [1.82, 2.24) is 4.98 Å². The number of rotatable bonds is 2. The number of nitriles is 1. The van der Waals surface area contributed by atoms with Crippen LogP contribution in [-0.2, 0) is 0 Å². The lowest BCUT2D eigenvalue weighted by Crippen LogP contribution is -1.98. The van der Waals surface area contributed by atoms with E-state index in [0.29, 0.717) is 10.6 Å². The number of benzene rings is 1. The first-order valence-electron chi connectivity index (χ1n) is 4.52. The largest absolute Gasteiger partial charge is 0.476 e. The van der Waals surface area contributed by atoms with E-state index in [9.17, 15) is 9.18 Å². The van der Waals surface area contributed by atoms with Crippen molar-refractivity contribution in [3.05, 3.63) is 40.7 Å². The molecule has 4 nitrogen and oxygen atoms in total. The second-order valence-corrected chi connectivity index (χ2v) is 4.12. The highest BCUT2D eigenvalue weighted by Gasteiger charge is 2.17. The average molecular weight is 248 g/mol. The van der Waals surface area contributed by atoms with Crippen LogP contribution in [0.15, 0.2) is 24.3 Å². The van der Waals surface area contributed by atoms with E-state index in [4.69, 9.17) is 10.4 Å². The molecular weight excluding hydrogens is 243 g/mol. The number of carbonyl (C=O) groups is 1. The molecule has 0 amide bonds. The van der Waals surface area contributed by atoms with Crippen molar-refractivity contribution in [3.63, 3.8) is 0 Å². The molecule has 0 atom stereocenters. The number of halogens is 1. The fourth-order valence-electron chi connectivity index (χ4n) is 1.26. The van der Waals surface area contributed by atoms with E-state index in [-0.39, 0.29) is 16.4 Å². The zero-order chi connectivity index (χ0) is 12.4. The molecule has 1 aromatic carbocycles. The summed E-state index contributed by atoms with van der Waals surface area (Å²) in [4.78, 5) is 14.7. The summed E-state index contributed by atoms with van der Waals surface area (Å²) in [6.07, 6.45) is 0. The second kappa shape index (κ2) is 4.31. The maximum absolute atomic E-state index is 12.7. The highest BCUT2D eigenvalue weighted by molar-refractivity contribution is 7.15. The van der Waals surface area contributed by atoms with Gasteiger partial charge in [-0.05, 0) is 24.3 Å². The molecule has 0 fully saturated rings. The fraction of sp³-hybridized carbons (Fsp3) is 0. The molecule has 1 heterocycles. The van der Waals surface area contributed by atoms with Crippen molar-refractivity contribution in [2.45, 2.75) is 0 Å². The summed E-state index contributed by atoms with van der Waals surface area (Å²) in [7, 11) is 0. The van der Waals surface area contributed by atoms with Gasteiger partial charge in [0, 0.05) is 5.56 Å². The van der Waals surface area contributed by atoms with Crippen LogP contribution in [0.25, 0.3) is 10.6 Å². The molecule has 0 saturated heterocycles. The van der Waals surface area contributed by atoms with Gasteiger partial charge in [-0.3, -0.25) is 0 Å². The summed E-state index contributed by atoms with van der Waals surface area (Å²) in [6.45, 7) is 0. The number of thiazole rings is 1. The molecule has 0 bridgehead atoms. The van der Waals surface area contributed by atoms with Crippen LogP contribution in [0, 0.1) is 17.1 Å². The number of aromatic carboxylic acids is 1. The van der Waals surface area contributed by atoms with E-state index in [1.807, 2.05) is 0 Å². The minimum Gasteiger partial charge on any atom is -0.476 e. The standard InChI is InChI=1S/C11H5FN2O2S/c12-7-3-1-6(2-4-7)10-14-9(11(15)16)8(5-13)17-10/h1-4H,(H,15,16). The smallest absolute Gasteiger partial charge is 0.356 e. The molecular formula is C11H5FN2O2S. The summed E-state index contributed by atoms with van der Waals surface area (Å²) in [5.41, 5.74) is 0.317. The monoisotopic (exact) mass is 248 g/mol. The second-order valence-electron chi connectivity index (χ2n) is 3.12. The number of carboxylic acid groups (broad SMARTS) is 1. The van der Waals surface area contributed by atoms with Crippen LogP contribution in [0.1, 0.15) is 15.4 Å². The van der Waals surface area contributed by atoms with Crippen molar-refractivity contribution >= 4 is 17.3 Å². The Labute approximate surface area is 99.6 Å². The summed E-state index contributed by atoms with van der Waals surface area (Å²) < 4.78 is 12.7. The fourth-order valence-corrected chi connectivity index (χ4v) is 2.12. The molecule has 2 aromatic rings. The van der Waals surface area contributed by atoms with Gasteiger partial charge in [-0.2, -0.15) is 5.26 Å². The predicted molar refractivity (Wildman–Crippen MR) is 59.2 cm³/mol. The Morgan fingerprint density at radius 2 is 2.06 bits per heavy atom. The molecule has 6 heteroatoms. The Morgan fingerprint density at radius 3 is 2.53 bits per heavy atom. The van der Waals surface area contributed by atoms with E-state index >= 15 is 0 Å². The highest BCUT2D eigenvalue weighted by atomic mass is 32.1. The number of aromatic nitrogens is 1. The summed E-state index contributed by atoms with van der Waals surface area (Å²) in [5, 5.41) is 18.0. The highest BCUT2D eigenvalue weighted by Crippen LogP contribution is 2.27. The van der Waals surface area contributed by atoms with Gasteiger partial charge in [-0.1, -0.05) is 0 Å². The van der Waals surface area contributed by atoms with Gasteiger partial charge in [0.2, 0.25) is 0 Å². The van der Waals surface area contributed by atoms with Gasteiger partial charge in [0.1, 0.15) is 21.8 Å². The zero-order valence-electron chi connectivity index (χ0n) is 8.35. The van der Waals surface area contributed by atoms with Crippen LogP contribution in [0.4, 0.5) is 4.39 Å². The summed E-state index contributed by atoms with van der Waals surface area (Å²) in [6, 6.07) is 7.26.